The number of halogens is 1. The van der Waals surface area contributed by atoms with Crippen molar-refractivity contribution in [3.05, 3.63) is 94.5 Å². The third-order valence-corrected chi connectivity index (χ3v) is 5.35. The van der Waals surface area contributed by atoms with Crippen molar-refractivity contribution >= 4 is 23.8 Å². The molecule has 3 aromatic carbocycles. The van der Waals surface area contributed by atoms with Crippen LogP contribution in [0, 0.1) is 0 Å². The first-order chi connectivity index (χ1) is 14.1. The second kappa shape index (κ2) is 8.41. The van der Waals surface area contributed by atoms with E-state index in [1.807, 2.05) is 24.3 Å². The summed E-state index contributed by atoms with van der Waals surface area (Å²) in [5, 5.41) is 13.0. The highest BCUT2D eigenvalue weighted by atomic mass is 35.5. The molecule has 5 heteroatoms. The second-order valence-corrected chi connectivity index (χ2v) is 7.19. The second-order valence-electron chi connectivity index (χ2n) is 6.78. The molecule has 0 aromatic heterocycles. The molecular weight excluding hydrogens is 386 g/mol. The summed E-state index contributed by atoms with van der Waals surface area (Å²) in [4.78, 5) is 12.1. The van der Waals surface area contributed by atoms with Crippen molar-refractivity contribution in [3.8, 4) is 16.9 Å². The van der Waals surface area contributed by atoms with Gasteiger partial charge in [-0.3, -0.25) is 0 Å². The molecule has 0 fully saturated rings. The molecule has 0 saturated heterocycles. The van der Waals surface area contributed by atoms with E-state index >= 15 is 0 Å². The molecule has 29 heavy (non-hydrogen) atoms. The van der Waals surface area contributed by atoms with E-state index in [1.165, 1.54) is 22.3 Å². The van der Waals surface area contributed by atoms with Crippen LogP contribution in [-0.4, -0.2) is 24.4 Å². The fraction of sp³-hybridized carbons (Fsp3) is 0.125. The lowest BCUT2D eigenvalue weighted by atomic mass is 9.98. The number of nitrogens with one attached hydrogen (secondary N) is 1. The number of carbonyl (C=O) groups excluding carboxylic acids is 1. The van der Waals surface area contributed by atoms with Gasteiger partial charge in [0.15, 0.2) is 0 Å². The minimum Gasteiger partial charge on any atom is -0.507 e. The molecule has 3 aromatic rings. The zero-order valence-electron chi connectivity index (χ0n) is 15.6. The average Bonchev–Trinajstić information content (AvgIpc) is 3.05. The SMILES string of the molecule is O=C(NCC=Cc1c(O)cccc1Cl)OCC1c2ccccc2-c2ccccc21. The summed E-state index contributed by atoms with van der Waals surface area (Å²) in [6.45, 7) is 0.538. The lowest BCUT2D eigenvalue weighted by Gasteiger charge is -2.14. The van der Waals surface area contributed by atoms with Gasteiger partial charge < -0.3 is 15.2 Å². The third-order valence-electron chi connectivity index (χ3n) is 5.02. The summed E-state index contributed by atoms with van der Waals surface area (Å²) in [5.41, 5.74) is 5.26. The van der Waals surface area contributed by atoms with Gasteiger partial charge in [0, 0.05) is 18.0 Å². The van der Waals surface area contributed by atoms with Gasteiger partial charge in [0.25, 0.3) is 0 Å². The number of aromatic hydroxyl groups is 1. The highest BCUT2D eigenvalue weighted by molar-refractivity contribution is 6.32. The molecule has 0 aliphatic heterocycles. The van der Waals surface area contributed by atoms with Crippen LogP contribution in [0.3, 0.4) is 0 Å². The van der Waals surface area contributed by atoms with Gasteiger partial charge in [0.05, 0.1) is 5.02 Å². The number of carbonyl (C=O) groups is 1. The number of ether oxygens (including phenoxy) is 1. The fourth-order valence-corrected chi connectivity index (χ4v) is 3.89. The van der Waals surface area contributed by atoms with Gasteiger partial charge >= 0.3 is 6.09 Å². The van der Waals surface area contributed by atoms with E-state index < -0.39 is 6.09 Å². The zero-order valence-corrected chi connectivity index (χ0v) is 16.4. The maximum absolute atomic E-state index is 12.1. The van der Waals surface area contributed by atoms with Crippen LogP contribution in [-0.2, 0) is 4.74 Å². The molecule has 0 saturated carbocycles. The fourth-order valence-electron chi connectivity index (χ4n) is 3.66. The Bertz CT molecular complexity index is 1010. The molecule has 1 aliphatic carbocycles. The van der Waals surface area contributed by atoms with Crippen LogP contribution in [0.25, 0.3) is 17.2 Å². The van der Waals surface area contributed by atoms with Crippen LogP contribution in [0.4, 0.5) is 4.79 Å². The highest BCUT2D eigenvalue weighted by Gasteiger charge is 2.28. The Morgan fingerprint density at radius 1 is 1.00 bits per heavy atom. The average molecular weight is 406 g/mol. The molecule has 1 amide bonds. The number of hydrogen-bond donors (Lipinski definition) is 2. The molecule has 0 spiro atoms. The van der Waals surface area contributed by atoms with Crippen molar-refractivity contribution in [2.24, 2.45) is 0 Å². The molecule has 146 valence electrons. The molecule has 0 unspecified atom stereocenters. The Labute approximate surface area is 174 Å². The van der Waals surface area contributed by atoms with Crippen molar-refractivity contribution in [2.45, 2.75) is 5.92 Å². The number of benzene rings is 3. The Balaban J connectivity index is 1.35. The molecule has 4 nitrogen and oxygen atoms in total. The summed E-state index contributed by atoms with van der Waals surface area (Å²) in [5.74, 6) is 0.124. The number of rotatable bonds is 5. The lowest BCUT2D eigenvalue weighted by molar-refractivity contribution is 0.144. The van der Waals surface area contributed by atoms with E-state index in [-0.39, 0.29) is 24.8 Å². The molecule has 0 radical (unpaired) electrons. The third kappa shape index (κ3) is 3.98. The molecule has 2 N–H and O–H groups in total. The number of hydrogen-bond acceptors (Lipinski definition) is 3. The predicted molar refractivity (Wildman–Crippen MR) is 115 cm³/mol. The predicted octanol–water partition coefficient (Wildman–Crippen LogP) is 5.60. The number of phenols is 1. The zero-order chi connectivity index (χ0) is 20.2. The van der Waals surface area contributed by atoms with Gasteiger partial charge in [0.2, 0.25) is 0 Å². The lowest BCUT2D eigenvalue weighted by Crippen LogP contribution is -2.26. The number of amides is 1. The maximum Gasteiger partial charge on any atom is 0.407 e. The van der Waals surface area contributed by atoms with Crippen LogP contribution in [0.15, 0.2) is 72.8 Å². The first kappa shape index (κ1) is 19.1. The van der Waals surface area contributed by atoms with Gasteiger partial charge in [-0.15, -0.1) is 0 Å². The van der Waals surface area contributed by atoms with Gasteiger partial charge in [0.1, 0.15) is 12.4 Å². The Morgan fingerprint density at radius 2 is 1.66 bits per heavy atom. The van der Waals surface area contributed by atoms with Gasteiger partial charge in [-0.05, 0) is 34.4 Å². The quantitative estimate of drug-likeness (QED) is 0.581. The molecule has 0 heterocycles. The van der Waals surface area contributed by atoms with E-state index in [9.17, 15) is 9.90 Å². The van der Waals surface area contributed by atoms with Crippen LogP contribution in [0.5, 0.6) is 5.75 Å². The molecule has 4 rings (SSSR count). The van der Waals surface area contributed by atoms with Crippen molar-refractivity contribution < 1.29 is 14.6 Å². The highest BCUT2D eigenvalue weighted by Crippen LogP contribution is 2.44. The first-order valence-electron chi connectivity index (χ1n) is 9.38. The Morgan fingerprint density at radius 3 is 2.31 bits per heavy atom. The number of phenolic OH excluding ortho intramolecular Hbond substituents is 1. The van der Waals surface area contributed by atoms with Gasteiger partial charge in [-0.25, -0.2) is 4.79 Å². The van der Waals surface area contributed by atoms with E-state index in [0.29, 0.717) is 10.6 Å². The van der Waals surface area contributed by atoms with E-state index in [0.717, 1.165) is 0 Å². The molecule has 0 atom stereocenters. The number of alkyl carbamates (subject to hydrolysis) is 1. The van der Waals surface area contributed by atoms with E-state index in [1.54, 1.807) is 30.4 Å². The summed E-state index contributed by atoms with van der Waals surface area (Å²) in [6.07, 6.45) is 2.89. The Kier molecular flexibility index (Phi) is 5.54. The number of fused-ring (bicyclic) bond motifs is 3. The van der Waals surface area contributed by atoms with Crippen LogP contribution < -0.4 is 5.32 Å². The molecule has 0 bridgehead atoms. The van der Waals surface area contributed by atoms with Crippen LogP contribution in [0.1, 0.15) is 22.6 Å². The van der Waals surface area contributed by atoms with Gasteiger partial charge in [-0.2, -0.15) is 0 Å². The first-order valence-corrected chi connectivity index (χ1v) is 9.76. The summed E-state index contributed by atoms with van der Waals surface area (Å²) < 4.78 is 5.48. The smallest absolute Gasteiger partial charge is 0.407 e. The molecule has 1 aliphatic rings. The maximum atomic E-state index is 12.1. The minimum absolute atomic E-state index is 0.0313. The van der Waals surface area contributed by atoms with Crippen LogP contribution >= 0.6 is 11.6 Å². The summed E-state index contributed by atoms with van der Waals surface area (Å²) in [6, 6.07) is 21.4. The van der Waals surface area contributed by atoms with Crippen molar-refractivity contribution in [1.29, 1.82) is 0 Å². The monoisotopic (exact) mass is 405 g/mol. The topological polar surface area (TPSA) is 58.6 Å². The van der Waals surface area contributed by atoms with Crippen molar-refractivity contribution in [2.75, 3.05) is 13.2 Å². The van der Waals surface area contributed by atoms with Crippen LogP contribution in [0.2, 0.25) is 5.02 Å². The largest absolute Gasteiger partial charge is 0.507 e. The van der Waals surface area contributed by atoms with Crippen molar-refractivity contribution in [3.63, 3.8) is 0 Å². The van der Waals surface area contributed by atoms with Gasteiger partial charge in [-0.1, -0.05) is 78.4 Å². The minimum atomic E-state index is -0.486. The van der Waals surface area contributed by atoms with E-state index in [4.69, 9.17) is 16.3 Å². The Hall–Kier alpha value is -3.24. The summed E-state index contributed by atoms with van der Waals surface area (Å²) in [7, 11) is 0. The van der Waals surface area contributed by atoms with E-state index in [2.05, 4.69) is 29.6 Å². The summed E-state index contributed by atoms with van der Waals surface area (Å²) >= 11 is 6.05. The normalized spacial score (nSPS) is 12.6. The standard InChI is InChI=1S/C24H20ClNO3/c25-22-12-5-13-23(27)20(22)11-6-14-26-24(28)29-15-21-18-9-3-1-7-16(18)17-8-2-4-10-19(17)21/h1-13,21,27H,14-15H2,(H,26,28). The molecular formula is C24H20ClNO3. The van der Waals surface area contributed by atoms with Crippen molar-refractivity contribution in [1.82, 2.24) is 5.32 Å².